The Morgan fingerprint density at radius 2 is 2.14 bits per heavy atom. The molecule has 0 radical (unpaired) electrons. The summed E-state index contributed by atoms with van der Waals surface area (Å²) in [6.45, 7) is 7.45. The van der Waals surface area contributed by atoms with Crippen LogP contribution in [0.5, 0.6) is 0 Å². The van der Waals surface area contributed by atoms with Gasteiger partial charge in [0.2, 0.25) is 0 Å². The molecule has 1 saturated heterocycles. The highest BCUT2D eigenvalue weighted by Gasteiger charge is 2.51. The van der Waals surface area contributed by atoms with Gasteiger partial charge >= 0.3 is 0 Å². The number of amides is 1. The smallest absolute Gasteiger partial charge is 0.257 e. The minimum absolute atomic E-state index is 0.0762. The van der Waals surface area contributed by atoms with Crippen LogP contribution in [0.4, 0.5) is 4.39 Å². The zero-order chi connectivity index (χ0) is 15.4. The minimum atomic E-state index is -0.531. The van der Waals surface area contributed by atoms with E-state index in [0.717, 1.165) is 25.5 Å². The van der Waals surface area contributed by atoms with Crippen molar-refractivity contribution in [2.75, 3.05) is 6.54 Å². The molecule has 5 heteroatoms. The zero-order valence-electron chi connectivity index (χ0n) is 12.6. The summed E-state index contributed by atoms with van der Waals surface area (Å²) < 4.78 is 13.4. The molecule has 0 N–H and O–H groups in total. The molecule has 2 aliphatic rings. The van der Waals surface area contributed by atoms with Crippen molar-refractivity contribution in [2.24, 2.45) is 10.8 Å². The second kappa shape index (κ2) is 4.67. The van der Waals surface area contributed by atoms with E-state index in [0.29, 0.717) is 6.54 Å². The van der Waals surface area contributed by atoms with Crippen LogP contribution >= 0.6 is 11.6 Å². The first kappa shape index (κ1) is 14.8. The van der Waals surface area contributed by atoms with Crippen LogP contribution in [0.25, 0.3) is 0 Å². The van der Waals surface area contributed by atoms with Gasteiger partial charge in [0.05, 0.1) is 11.8 Å². The molecule has 0 spiro atoms. The lowest BCUT2D eigenvalue weighted by molar-refractivity contribution is 0.0707. The van der Waals surface area contributed by atoms with Gasteiger partial charge in [0, 0.05) is 12.6 Å². The SMILES string of the molecule is CC1(C)CC2CC(C)(CN2C(=O)c2cc(F)cnc2Cl)C1. The zero-order valence-corrected chi connectivity index (χ0v) is 13.4. The highest BCUT2D eigenvalue weighted by atomic mass is 35.5. The standard InChI is InChI=1S/C16H20ClFN2O/c1-15(2)5-11-6-16(3,8-15)9-20(11)14(21)12-4-10(18)7-19-13(12)17/h4,7,11H,5-6,8-9H2,1-3H3. The van der Waals surface area contributed by atoms with Gasteiger partial charge in [0.1, 0.15) is 11.0 Å². The number of fused-ring (bicyclic) bond motifs is 2. The Hall–Kier alpha value is -1.16. The second-order valence-electron chi connectivity index (χ2n) is 7.64. The monoisotopic (exact) mass is 310 g/mol. The van der Waals surface area contributed by atoms with Crippen molar-refractivity contribution in [1.29, 1.82) is 0 Å². The summed E-state index contributed by atoms with van der Waals surface area (Å²) >= 11 is 5.98. The first-order chi connectivity index (χ1) is 9.69. The third-order valence-electron chi connectivity index (χ3n) is 4.71. The van der Waals surface area contributed by atoms with Crippen LogP contribution in [0, 0.1) is 16.6 Å². The molecule has 21 heavy (non-hydrogen) atoms. The van der Waals surface area contributed by atoms with E-state index in [1.807, 2.05) is 4.90 Å². The van der Waals surface area contributed by atoms with Crippen molar-refractivity contribution < 1.29 is 9.18 Å². The number of hydrogen-bond acceptors (Lipinski definition) is 2. The van der Waals surface area contributed by atoms with Gasteiger partial charge in [-0.2, -0.15) is 0 Å². The van der Waals surface area contributed by atoms with Crippen LogP contribution in [0.2, 0.25) is 5.15 Å². The summed E-state index contributed by atoms with van der Waals surface area (Å²) in [5.41, 5.74) is 0.553. The molecule has 1 saturated carbocycles. The van der Waals surface area contributed by atoms with Crippen LogP contribution in [-0.4, -0.2) is 28.4 Å². The van der Waals surface area contributed by atoms with E-state index in [1.54, 1.807) is 0 Å². The van der Waals surface area contributed by atoms with Gasteiger partial charge in [0.15, 0.2) is 0 Å². The van der Waals surface area contributed by atoms with Crippen molar-refractivity contribution in [3.8, 4) is 0 Å². The Labute approximate surface area is 129 Å². The van der Waals surface area contributed by atoms with E-state index in [2.05, 4.69) is 25.8 Å². The van der Waals surface area contributed by atoms with Crippen molar-refractivity contribution in [1.82, 2.24) is 9.88 Å². The van der Waals surface area contributed by atoms with Gasteiger partial charge < -0.3 is 4.90 Å². The van der Waals surface area contributed by atoms with Gasteiger partial charge in [-0.15, -0.1) is 0 Å². The van der Waals surface area contributed by atoms with Crippen LogP contribution in [-0.2, 0) is 0 Å². The molecule has 1 aliphatic carbocycles. The molecule has 1 aliphatic heterocycles. The number of pyridine rings is 1. The summed E-state index contributed by atoms with van der Waals surface area (Å²) in [6.07, 6.45) is 4.14. The van der Waals surface area contributed by atoms with E-state index in [4.69, 9.17) is 11.6 Å². The Morgan fingerprint density at radius 1 is 1.43 bits per heavy atom. The summed E-state index contributed by atoms with van der Waals surface area (Å²) in [5, 5.41) is 0.0762. The maximum atomic E-state index is 13.4. The highest BCUT2D eigenvalue weighted by Crippen LogP contribution is 2.52. The summed E-state index contributed by atoms with van der Waals surface area (Å²) in [7, 11) is 0. The van der Waals surface area contributed by atoms with E-state index >= 15 is 0 Å². The molecule has 2 unspecified atom stereocenters. The molecule has 1 aromatic heterocycles. The molecule has 2 fully saturated rings. The van der Waals surface area contributed by atoms with Crippen molar-refractivity contribution in [2.45, 2.75) is 46.1 Å². The summed E-state index contributed by atoms with van der Waals surface area (Å²) in [6, 6.07) is 1.40. The number of carbonyl (C=O) groups is 1. The summed E-state index contributed by atoms with van der Waals surface area (Å²) in [4.78, 5) is 18.4. The lowest BCUT2D eigenvalue weighted by atomic mass is 9.65. The lowest BCUT2D eigenvalue weighted by Crippen LogP contribution is -2.38. The number of carbonyl (C=O) groups excluding carboxylic acids is 1. The minimum Gasteiger partial charge on any atom is -0.335 e. The molecule has 114 valence electrons. The number of rotatable bonds is 1. The molecule has 3 nitrogen and oxygen atoms in total. The van der Waals surface area contributed by atoms with Crippen molar-refractivity contribution in [3.05, 3.63) is 28.8 Å². The number of aromatic nitrogens is 1. The summed E-state index contributed by atoms with van der Waals surface area (Å²) in [5.74, 6) is -0.727. The van der Waals surface area contributed by atoms with Gasteiger partial charge in [-0.25, -0.2) is 9.37 Å². The fourth-order valence-corrected chi connectivity index (χ4v) is 4.61. The average Bonchev–Trinajstić information content (AvgIpc) is 2.61. The van der Waals surface area contributed by atoms with E-state index in [9.17, 15) is 9.18 Å². The Balaban J connectivity index is 1.91. The van der Waals surface area contributed by atoms with Crippen LogP contribution in [0.3, 0.4) is 0 Å². The molecular formula is C16H20ClFN2O. The first-order valence-electron chi connectivity index (χ1n) is 7.31. The third kappa shape index (κ3) is 2.66. The van der Waals surface area contributed by atoms with E-state index in [-0.39, 0.29) is 33.5 Å². The maximum absolute atomic E-state index is 13.4. The Morgan fingerprint density at radius 3 is 2.86 bits per heavy atom. The van der Waals surface area contributed by atoms with E-state index in [1.165, 1.54) is 6.07 Å². The normalized spacial score (nSPS) is 30.5. The largest absolute Gasteiger partial charge is 0.335 e. The number of likely N-dealkylation sites (tertiary alicyclic amines) is 1. The number of hydrogen-bond donors (Lipinski definition) is 0. The third-order valence-corrected chi connectivity index (χ3v) is 5.01. The van der Waals surface area contributed by atoms with Crippen LogP contribution in [0.1, 0.15) is 50.4 Å². The van der Waals surface area contributed by atoms with Gasteiger partial charge in [-0.05, 0) is 36.2 Å². The van der Waals surface area contributed by atoms with Gasteiger partial charge in [0.25, 0.3) is 5.91 Å². The molecule has 2 atom stereocenters. The van der Waals surface area contributed by atoms with E-state index < -0.39 is 5.82 Å². The molecular weight excluding hydrogens is 291 g/mol. The number of halogens is 2. The topological polar surface area (TPSA) is 33.2 Å². The fraction of sp³-hybridized carbons (Fsp3) is 0.625. The molecule has 1 aromatic rings. The van der Waals surface area contributed by atoms with Crippen molar-refractivity contribution in [3.63, 3.8) is 0 Å². The van der Waals surface area contributed by atoms with Crippen LogP contribution < -0.4 is 0 Å². The molecule has 2 heterocycles. The maximum Gasteiger partial charge on any atom is 0.257 e. The fourth-order valence-electron chi connectivity index (χ4n) is 4.42. The molecule has 2 bridgehead atoms. The van der Waals surface area contributed by atoms with Crippen LogP contribution in [0.15, 0.2) is 12.3 Å². The molecule has 0 aromatic carbocycles. The number of nitrogens with zero attached hydrogens (tertiary/aromatic N) is 2. The Kier molecular flexibility index (Phi) is 3.28. The molecule has 1 amide bonds. The lowest BCUT2D eigenvalue weighted by Gasteiger charge is -2.39. The van der Waals surface area contributed by atoms with Gasteiger partial charge in [-0.3, -0.25) is 4.79 Å². The van der Waals surface area contributed by atoms with Crippen molar-refractivity contribution >= 4 is 17.5 Å². The average molecular weight is 311 g/mol. The predicted octanol–water partition coefficient (Wildman–Crippen LogP) is 3.91. The first-order valence-corrected chi connectivity index (χ1v) is 7.69. The van der Waals surface area contributed by atoms with Gasteiger partial charge in [-0.1, -0.05) is 32.4 Å². The second-order valence-corrected chi connectivity index (χ2v) is 8.00. The highest BCUT2D eigenvalue weighted by molar-refractivity contribution is 6.32. The quantitative estimate of drug-likeness (QED) is 0.737. The predicted molar refractivity (Wildman–Crippen MR) is 79.8 cm³/mol. The molecule has 3 rings (SSSR count). The Bertz CT molecular complexity index is 604.